The van der Waals surface area contributed by atoms with E-state index in [-0.39, 0.29) is 5.91 Å². The Morgan fingerprint density at radius 1 is 1.08 bits per heavy atom. The molecule has 0 aliphatic carbocycles. The number of carbonyl (C=O) groups excluding carboxylic acids is 1. The van der Waals surface area contributed by atoms with Crippen LogP contribution in [0.5, 0.6) is 17.2 Å². The summed E-state index contributed by atoms with van der Waals surface area (Å²) in [4.78, 5) is 12.2. The molecule has 0 unspecified atom stereocenters. The zero-order valence-corrected chi connectivity index (χ0v) is 15.3. The summed E-state index contributed by atoms with van der Waals surface area (Å²) in [6.07, 6.45) is 3.10. The topological polar surface area (TPSA) is 56.8 Å². The maximum absolute atomic E-state index is 12.2. The van der Waals surface area contributed by atoms with Gasteiger partial charge in [-0.3, -0.25) is 4.79 Å². The molecule has 0 saturated heterocycles. The molecule has 132 valence electrons. The second-order valence-electron chi connectivity index (χ2n) is 5.19. The summed E-state index contributed by atoms with van der Waals surface area (Å²) in [7, 11) is 4.62. The lowest BCUT2D eigenvalue weighted by molar-refractivity contribution is -0.111. The van der Waals surface area contributed by atoms with Crippen LogP contribution in [0.4, 0.5) is 5.69 Å². The molecule has 6 heteroatoms. The number of hydrogen-bond donors (Lipinski definition) is 1. The number of amides is 1. The molecule has 2 aromatic rings. The highest BCUT2D eigenvalue weighted by molar-refractivity contribution is 6.31. The number of anilines is 1. The summed E-state index contributed by atoms with van der Waals surface area (Å²) in [6, 6.07) is 8.88. The van der Waals surface area contributed by atoms with E-state index in [1.54, 1.807) is 50.6 Å². The number of ether oxygens (including phenoxy) is 3. The molecule has 0 spiro atoms. The predicted octanol–water partition coefficient (Wildman–Crippen LogP) is 4.33. The SMILES string of the molecule is COc1cc(/C=C/C(=O)Nc2cccc(Cl)c2C)cc(OC)c1OC. The van der Waals surface area contributed by atoms with Gasteiger partial charge in [-0.25, -0.2) is 0 Å². The highest BCUT2D eigenvalue weighted by Crippen LogP contribution is 2.38. The van der Waals surface area contributed by atoms with Crippen molar-refractivity contribution in [3.63, 3.8) is 0 Å². The van der Waals surface area contributed by atoms with Crippen LogP contribution < -0.4 is 19.5 Å². The molecule has 1 N–H and O–H groups in total. The van der Waals surface area contributed by atoms with Gasteiger partial charge in [0, 0.05) is 16.8 Å². The fraction of sp³-hybridized carbons (Fsp3) is 0.211. The normalized spacial score (nSPS) is 10.6. The first kappa shape index (κ1) is 18.7. The van der Waals surface area contributed by atoms with E-state index in [2.05, 4.69) is 5.32 Å². The third-order valence-corrected chi connectivity index (χ3v) is 4.05. The maximum Gasteiger partial charge on any atom is 0.248 e. The van der Waals surface area contributed by atoms with E-state index in [0.29, 0.717) is 28.0 Å². The Labute approximate surface area is 152 Å². The third-order valence-electron chi connectivity index (χ3n) is 3.64. The first-order valence-corrected chi connectivity index (χ1v) is 7.92. The summed E-state index contributed by atoms with van der Waals surface area (Å²) in [5.41, 5.74) is 2.23. The van der Waals surface area contributed by atoms with Crippen molar-refractivity contribution in [1.82, 2.24) is 0 Å². The Morgan fingerprint density at radius 2 is 1.72 bits per heavy atom. The van der Waals surface area contributed by atoms with Gasteiger partial charge < -0.3 is 19.5 Å². The van der Waals surface area contributed by atoms with Crippen LogP contribution in [0, 0.1) is 6.92 Å². The molecule has 0 saturated carbocycles. The minimum Gasteiger partial charge on any atom is -0.493 e. The van der Waals surface area contributed by atoms with Crippen LogP contribution in [0.1, 0.15) is 11.1 Å². The fourth-order valence-corrected chi connectivity index (χ4v) is 2.46. The first-order valence-electron chi connectivity index (χ1n) is 7.54. The Morgan fingerprint density at radius 3 is 2.28 bits per heavy atom. The van der Waals surface area contributed by atoms with Crippen LogP contribution in [-0.2, 0) is 4.79 Å². The molecular formula is C19H20ClNO4. The molecule has 0 aliphatic heterocycles. The zero-order chi connectivity index (χ0) is 18.4. The number of hydrogen-bond acceptors (Lipinski definition) is 4. The Bertz CT molecular complexity index is 777. The Balaban J connectivity index is 2.21. The monoisotopic (exact) mass is 361 g/mol. The van der Waals surface area contributed by atoms with Gasteiger partial charge in [0.05, 0.1) is 21.3 Å². The fourth-order valence-electron chi connectivity index (χ4n) is 2.29. The van der Waals surface area contributed by atoms with Gasteiger partial charge in [-0.15, -0.1) is 0 Å². The summed E-state index contributed by atoms with van der Waals surface area (Å²) < 4.78 is 15.9. The lowest BCUT2D eigenvalue weighted by Gasteiger charge is -2.12. The summed E-state index contributed by atoms with van der Waals surface area (Å²) in [5, 5.41) is 3.41. The van der Waals surface area contributed by atoms with Gasteiger partial charge in [-0.1, -0.05) is 17.7 Å². The van der Waals surface area contributed by atoms with Crippen LogP contribution in [0.2, 0.25) is 5.02 Å². The van der Waals surface area contributed by atoms with E-state index in [1.807, 2.05) is 6.92 Å². The van der Waals surface area contributed by atoms with Crippen LogP contribution in [0.15, 0.2) is 36.4 Å². The van der Waals surface area contributed by atoms with Gasteiger partial charge in [0.25, 0.3) is 0 Å². The maximum atomic E-state index is 12.2. The van der Waals surface area contributed by atoms with Gasteiger partial charge in [0.1, 0.15) is 0 Å². The average Bonchev–Trinajstić information content (AvgIpc) is 2.62. The largest absolute Gasteiger partial charge is 0.493 e. The molecule has 0 aliphatic rings. The number of methoxy groups -OCH3 is 3. The second kappa shape index (κ2) is 8.44. The molecule has 0 bridgehead atoms. The first-order chi connectivity index (χ1) is 12.0. The van der Waals surface area contributed by atoms with Crippen LogP contribution >= 0.6 is 11.6 Å². The van der Waals surface area contributed by atoms with Crippen molar-refractivity contribution < 1.29 is 19.0 Å². The summed E-state index contributed by atoms with van der Waals surface area (Å²) >= 11 is 6.06. The number of nitrogens with one attached hydrogen (secondary N) is 1. The molecular weight excluding hydrogens is 342 g/mol. The van der Waals surface area contributed by atoms with Crippen molar-refractivity contribution in [1.29, 1.82) is 0 Å². The molecule has 5 nitrogen and oxygen atoms in total. The molecule has 2 aromatic carbocycles. The van der Waals surface area contributed by atoms with Gasteiger partial charge in [-0.2, -0.15) is 0 Å². The minimum atomic E-state index is -0.265. The highest BCUT2D eigenvalue weighted by atomic mass is 35.5. The van der Waals surface area contributed by atoms with Gasteiger partial charge in [0.2, 0.25) is 11.7 Å². The molecule has 0 atom stereocenters. The lowest BCUT2D eigenvalue weighted by Crippen LogP contribution is -2.09. The molecule has 0 fully saturated rings. The Hall–Kier alpha value is -2.66. The molecule has 2 rings (SSSR count). The highest BCUT2D eigenvalue weighted by Gasteiger charge is 2.12. The zero-order valence-electron chi connectivity index (χ0n) is 14.6. The van der Waals surface area contributed by atoms with Crippen molar-refractivity contribution in [3.05, 3.63) is 52.6 Å². The van der Waals surface area contributed by atoms with Gasteiger partial charge in [-0.05, 0) is 48.4 Å². The number of rotatable bonds is 6. The van der Waals surface area contributed by atoms with E-state index >= 15 is 0 Å². The van der Waals surface area contributed by atoms with E-state index in [1.165, 1.54) is 13.2 Å². The summed E-state index contributed by atoms with van der Waals surface area (Å²) in [5.74, 6) is 1.28. The number of benzene rings is 2. The van der Waals surface area contributed by atoms with Crippen LogP contribution in [0.25, 0.3) is 6.08 Å². The van der Waals surface area contributed by atoms with E-state index in [4.69, 9.17) is 25.8 Å². The van der Waals surface area contributed by atoms with Crippen LogP contribution in [-0.4, -0.2) is 27.2 Å². The molecule has 25 heavy (non-hydrogen) atoms. The number of carbonyl (C=O) groups is 1. The van der Waals surface area contributed by atoms with Gasteiger partial charge in [0.15, 0.2) is 11.5 Å². The molecule has 1 amide bonds. The molecule has 0 heterocycles. The van der Waals surface area contributed by atoms with Crippen molar-refractivity contribution in [2.24, 2.45) is 0 Å². The van der Waals surface area contributed by atoms with Crippen LogP contribution in [0.3, 0.4) is 0 Å². The average molecular weight is 362 g/mol. The number of halogens is 1. The molecule has 0 radical (unpaired) electrons. The smallest absolute Gasteiger partial charge is 0.248 e. The van der Waals surface area contributed by atoms with Gasteiger partial charge >= 0.3 is 0 Å². The van der Waals surface area contributed by atoms with Crippen molar-refractivity contribution in [2.45, 2.75) is 6.92 Å². The predicted molar refractivity (Wildman–Crippen MR) is 100.0 cm³/mol. The molecule has 0 aromatic heterocycles. The Kier molecular flexibility index (Phi) is 6.31. The summed E-state index contributed by atoms with van der Waals surface area (Å²) in [6.45, 7) is 1.85. The van der Waals surface area contributed by atoms with Crippen molar-refractivity contribution >= 4 is 29.3 Å². The lowest BCUT2D eigenvalue weighted by atomic mass is 10.1. The minimum absolute atomic E-state index is 0.265. The second-order valence-corrected chi connectivity index (χ2v) is 5.60. The van der Waals surface area contributed by atoms with E-state index in [9.17, 15) is 4.79 Å². The van der Waals surface area contributed by atoms with E-state index < -0.39 is 0 Å². The van der Waals surface area contributed by atoms with Crippen molar-refractivity contribution in [3.8, 4) is 17.2 Å². The third kappa shape index (κ3) is 4.45. The quantitative estimate of drug-likeness (QED) is 0.778. The standard InChI is InChI=1S/C19H20ClNO4/c1-12-14(20)6-5-7-15(12)21-18(22)9-8-13-10-16(23-2)19(25-4)17(11-13)24-3/h5-11H,1-4H3,(H,21,22)/b9-8+. The van der Waals surface area contributed by atoms with Crippen molar-refractivity contribution in [2.75, 3.05) is 26.6 Å². The van der Waals surface area contributed by atoms with E-state index in [0.717, 1.165) is 11.1 Å².